The minimum absolute atomic E-state index is 0.954. The Morgan fingerprint density at radius 3 is 2.62 bits per heavy atom. The van der Waals surface area contributed by atoms with Crippen LogP contribution in [0.15, 0.2) is 30.5 Å². The summed E-state index contributed by atoms with van der Waals surface area (Å²) < 4.78 is 1.92. The normalized spacial score (nSPS) is 10.6. The van der Waals surface area contributed by atoms with Crippen molar-refractivity contribution >= 4 is 0 Å². The van der Waals surface area contributed by atoms with Gasteiger partial charge in [0, 0.05) is 12.1 Å². The quantitative estimate of drug-likeness (QED) is 0.784. The summed E-state index contributed by atoms with van der Waals surface area (Å²) in [7, 11) is 0. The number of benzene rings is 1. The first-order valence-electron chi connectivity index (χ1n) is 5.77. The lowest BCUT2D eigenvalue weighted by Crippen LogP contribution is -1.97. The molecule has 1 heterocycles. The molecule has 0 bridgehead atoms. The lowest BCUT2D eigenvalue weighted by Gasteiger charge is -1.97. The van der Waals surface area contributed by atoms with Crippen molar-refractivity contribution < 1.29 is 0 Å². The van der Waals surface area contributed by atoms with Gasteiger partial charge in [-0.05, 0) is 13.3 Å². The SMILES string of the molecule is CCCCn1cc(-c2ccc(C)cc2)nn1. The molecule has 2 rings (SSSR count). The molecular weight excluding hydrogens is 198 g/mol. The molecule has 3 heteroatoms. The maximum absolute atomic E-state index is 4.18. The minimum atomic E-state index is 0.954. The van der Waals surface area contributed by atoms with Gasteiger partial charge in [-0.15, -0.1) is 5.10 Å². The van der Waals surface area contributed by atoms with Crippen molar-refractivity contribution in [1.29, 1.82) is 0 Å². The van der Waals surface area contributed by atoms with Gasteiger partial charge in [0.1, 0.15) is 5.69 Å². The Bertz CT molecular complexity index is 442. The van der Waals surface area contributed by atoms with Crippen molar-refractivity contribution in [3.63, 3.8) is 0 Å². The highest BCUT2D eigenvalue weighted by Crippen LogP contribution is 2.16. The van der Waals surface area contributed by atoms with E-state index in [4.69, 9.17) is 0 Å². The summed E-state index contributed by atoms with van der Waals surface area (Å²) in [5.41, 5.74) is 3.35. The number of aryl methyl sites for hydroxylation is 2. The van der Waals surface area contributed by atoms with E-state index in [1.54, 1.807) is 0 Å². The predicted molar refractivity (Wildman–Crippen MR) is 65.1 cm³/mol. The number of hydrogen-bond donors (Lipinski definition) is 0. The van der Waals surface area contributed by atoms with E-state index in [9.17, 15) is 0 Å². The molecule has 1 aromatic heterocycles. The third-order valence-corrected chi connectivity index (χ3v) is 2.63. The van der Waals surface area contributed by atoms with Crippen molar-refractivity contribution in [2.45, 2.75) is 33.2 Å². The van der Waals surface area contributed by atoms with E-state index in [1.165, 1.54) is 12.0 Å². The molecule has 2 aromatic rings. The van der Waals surface area contributed by atoms with Crippen LogP contribution in [-0.4, -0.2) is 15.0 Å². The van der Waals surface area contributed by atoms with Crippen LogP contribution in [0.2, 0.25) is 0 Å². The second-order valence-corrected chi connectivity index (χ2v) is 4.09. The third kappa shape index (κ3) is 2.48. The third-order valence-electron chi connectivity index (χ3n) is 2.63. The largest absolute Gasteiger partial charge is 0.252 e. The van der Waals surface area contributed by atoms with E-state index in [0.717, 1.165) is 24.2 Å². The van der Waals surface area contributed by atoms with Gasteiger partial charge >= 0.3 is 0 Å². The van der Waals surface area contributed by atoms with E-state index >= 15 is 0 Å². The lowest BCUT2D eigenvalue weighted by molar-refractivity contribution is 0.553. The number of unbranched alkanes of at least 4 members (excludes halogenated alkanes) is 1. The smallest absolute Gasteiger partial charge is 0.113 e. The lowest BCUT2D eigenvalue weighted by atomic mass is 10.1. The predicted octanol–water partition coefficient (Wildman–Crippen LogP) is 3.05. The zero-order chi connectivity index (χ0) is 11.4. The fourth-order valence-electron chi connectivity index (χ4n) is 1.58. The molecule has 0 aliphatic carbocycles. The van der Waals surface area contributed by atoms with Crippen LogP contribution >= 0.6 is 0 Å². The van der Waals surface area contributed by atoms with E-state index in [2.05, 4.69) is 48.4 Å². The monoisotopic (exact) mass is 215 g/mol. The minimum Gasteiger partial charge on any atom is -0.252 e. The maximum atomic E-state index is 4.18. The summed E-state index contributed by atoms with van der Waals surface area (Å²) in [5.74, 6) is 0. The van der Waals surface area contributed by atoms with Crippen LogP contribution in [0.1, 0.15) is 25.3 Å². The fraction of sp³-hybridized carbons (Fsp3) is 0.385. The first-order valence-corrected chi connectivity index (χ1v) is 5.77. The average molecular weight is 215 g/mol. The zero-order valence-corrected chi connectivity index (χ0v) is 9.85. The van der Waals surface area contributed by atoms with Gasteiger partial charge in [-0.2, -0.15) is 0 Å². The van der Waals surface area contributed by atoms with Gasteiger partial charge in [0.15, 0.2) is 0 Å². The Kier molecular flexibility index (Phi) is 3.34. The van der Waals surface area contributed by atoms with Gasteiger partial charge in [-0.3, -0.25) is 4.68 Å². The van der Waals surface area contributed by atoms with Gasteiger partial charge in [0.2, 0.25) is 0 Å². The molecule has 0 saturated carbocycles. The number of nitrogens with zero attached hydrogens (tertiary/aromatic N) is 3. The van der Waals surface area contributed by atoms with E-state index in [-0.39, 0.29) is 0 Å². The summed E-state index contributed by atoms with van der Waals surface area (Å²) in [5, 5.41) is 8.30. The van der Waals surface area contributed by atoms with Crippen molar-refractivity contribution in [1.82, 2.24) is 15.0 Å². The molecule has 0 aliphatic rings. The fourth-order valence-corrected chi connectivity index (χ4v) is 1.58. The van der Waals surface area contributed by atoms with E-state index < -0.39 is 0 Å². The van der Waals surface area contributed by atoms with Crippen molar-refractivity contribution in [2.24, 2.45) is 0 Å². The second kappa shape index (κ2) is 4.92. The maximum Gasteiger partial charge on any atom is 0.113 e. The van der Waals surface area contributed by atoms with Crippen LogP contribution in [0.25, 0.3) is 11.3 Å². The average Bonchev–Trinajstić information content (AvgIpc) is 2.76. The molecule has 3 nitrogen and oxygen atoms in total. The molecule has 0 atom stereocenters. The molecule has 0 N–H and O–H groups in total. The Labute approximate surface area is 96.1 Å². The highest BCUT2D eigenvalue weighted by molar-refractivity contribution is 5.57. The van der Waals surface area contributed by atoms with Crippen LogP contribution < -0.4 is 0 Å². The molecule has 0 spiro atoms. The second-order valence-electron chi connectivity index (χ2n) is 4.09. The Morgan fingerprint density at radius 1 is 1.19 bits per heavy atom. The Balaban J connectivity index is 2.15. The van der Waals surface area contributed by atoms with E-state index in [0.29, 0.717) is 0 Å². The summed E-state index contributed by atoms with van der Waals surface area (Å²) >= 11 is 0. The summed E-state index contributed by atoms with van der Waals surface area (Å²) in [6.07, 6.45) is 4.34. The van der Waals surface area contributed by atoms with Crippen molar-refractivity contribution in [3.8, 4) is 11.3 Å². The highest BCUT2D eigenvalue weighted by Gasteiger charge is 2.02. The van der Waals surface area contributed by atoms with Crippen LogP contribution in [-0.2, 0) is 6.54 Å². The first kappa shape index (κ1) is 10.9. The molecule has 0 fully saturated rings. The molecule has 0 amide bonds. The van der Waals surface area contributed by atoms with Crippen molar-refractivity contribution in [3.05, 3.63) is 36.0 Å². The number of hydrogen-bond acceptors (Lipinski definition) is 2. The molecule has 84 valence electrons. The van der Waals surface area contributed by atoms with Gasteiger partial charge in [-0.25, -0.2) is 0 Å². The standard InChI is InChI=1S/C13H17N3/c1-3-4-9-16-10-13(14-15-16)12-7-5-11(2)6-8-12/h5-8,10H,3-4,9H2,1-2H3. The van der Waals surface area contributed by atoms with Gasteiger partial charge < -0.3 is 0 Å². The Hall–Kier alpha value is -1.64. The number of aromatic nitrogens is 3. The molecular formula is C13H17N3. The van der Waals surface area contributed by atoms with Gasteiger partial charge in [-0.1, -0.05) is 48.4 Å². The summed E-state index contributed by atoms with van der Waals surface area (Å²) in [6.45, 7) is 5.22. The topological polar surface area (TPSA) is 30.7 Å². The molecule has 0 radical (unpaired) electrons. The van der Waals surface area contributed by atoms with E-state index in [1.807, 2.05) is 10.9 Å². The van der Waals surface area contributed by atoms with Gasteiger partial charge in [0.05, 0.1) is 6.20 Å². The highest BCUT2D eigenvalue weighted by atomic mass is 15.4. The number of rotatable bonds is 4. The first-order chi connectivity index (χ1) is 7.79. The molecule has 0 unspecified atom stereocenters. The zero-order valence-electron chi connectivity index (χ0n) is 9.85. The van der Waals surface area contributed by atoms with Crippen LogP contribution in [0.3, 0.4) is 0 Å². The van der Waals surface area contributed by atoms with Crippen molar-refractivity contribution in [2.75, 3.05) is 0 Å². The molecule has 0 aliphatic heterocycles. The summed E-state index contributed by atoms with van der Waals surface area (Å²) in [6, 6.07) is 8.37. The van der Waals surface area contributed by atoms with Gasteiger partial charge in [0.25, 0.3) is 0 Å². The van der Waals surface area contributed by atoms with Crippen LogP contribution in [0.5, 0.6) is 0 Å². The van der Waals surface area contributed by atoms with Crippen LogP contribution in [0.4, 0.5) is 0 Å². The molecule has 1 aromatic carbocycles. The molecule has 16 heavy (non-hydrogen) atoms. The van der Waals surface area contributed by atoms with Crippen LogP contribution in [0, 0.1) is 6.92 Å². The molecule has 0 saturated heterocycles. The Morgan fingerprint density at radius 2 is 1.94 bits per heavy atom. The summed E-state index contributed by atoms with van der Waals surface area (Å²) in [4.78, 5) is 0.